The highest BCUT2D eigenvalue weighted by Gasteiger charge is 2.32. The van der Waals surface area contributed by atoms with Crippen LogP contribution in [0.3, 0.4) is 0 Å². The van der Waals surface area contributed by atoms with Crippen LogP contribution in [-0.4, -0.2) is 56.2 Å². The molecule has 0 saturated carbocycles. The van der Waals surface area contributed by atoms with E-state index in [4.69, 9.17) is 14.2 Å². The Morgan fingerprint density at radius 3 is 2.65 bits per heavy atom. The van der Waals surface area contributed by atoms with E-state index in [1.54, 1.807) is 0 Å². The van der Waals surface area contributed by atoms with Gasteiger partial charge in [-0.1, -0.05) is 0 Å². The Morgan fingerprint density at radius 2 is 2.00 bits per heavy atom. The van der Waals surface area contributed by atoms with E-state index in [-0.39, 0.29) is 6.10 Å². The smallest absolute Gasteiger partial charge is 0.163 e. The van der Waals surface area contributed by atoms with Gasteiger partial charge in [0.1, 0.15) is 0 Å². The lowest BCUT2D eigenvalue weighted by Crippen LogP contribution is -2.25. The summed E-state index contributed by atoms with van der Waals surface area (Å²) >= 11 is 0. The van der Waals surface area contributed by atoms with Crippen molar-refractivity contribution in [1.82, 2.24) is 4.90 Å². The average molecular weight is 243 g/mol. The summed E-state index contributed by atoms with van der Waals surface area (Å²) in [6.45, 7) is 9.81. The van der Waals surface area contributed by atoms with Crippen molar-refractivity contribution in [2.24, 2.45) is 0 Å². The van der Waals surface area contributed by atoms with Crippen LogP contribution in [0.25, 0.3) is 0 Å². The first-order valence-corrected chi connectivity index (χ1v) is 6.78. The molecule has 4 nitrogen and oxygen atoms in total. The predicted molar refractivity (Wildman–Crippen MR) is 66.0 cm³/mol. The van der Waals surface area contributed by atoms with Gasteiger partial charge in [0.25, 0.3) is 0 Å². The summed E-state index contributed by atoms with van der Waals surface area (Å²) in [5.74, 6) is -0.403. The molecule has 0 spiro atoms. The number of hydrogen-bond donors (Lipinski definition) is 0. The summed E-state index contributed by atoms with van der Waals surface area (Å²) < 4.78 is 16.9. The molecule has 2 rings (SSSR count). The molecule has 4 heteroatoms. The van der Waals surface area contributed by atoms with Crippen LogP contribution in [-0.2, 0) is 14.2 Å². The highest BCUT2D eigenvalue weighted by molar-refractivity contribution is 4.70. The molecule has 2 saturated heterocycles. The van der Waals surface area contributed by atoms with Crippen LogP contribution in [0.2, 0.25) is 0 Å². The second-order valence-corrected chi connectivity index (χ2v) is 5.40. The molecule has 0 radical (unpaired) electrons. The zero-order valence-corrected chi connectivity index (χ0v) is 11.1. The van der Waals surface area contributed by atoms with Crippen molar-refractivity contribution in [1.29, 1.82) is 0 Å². The fourth-order valence-electron chi connectivity index (χ4n) is 2.42. The molecule has 0 aromatic rings. The monoisotopic (exact) mass is 243 g/mol. The summed E-state index contributed by atoms with van der Waals surface area (Å²) in [6, 6.07) is 0. The number of likely N-dealkylation sites (tertiary alicyclic amines) is 1. The molecular weight excluding hydrogens is 218 g/mol. The third-order valence-corrected chi connectivity index (χ3v) is 3.40. The van der Waals surface area contributed by atoms with Gasteiger partial charge < -0.3 is 19.1 Å². The Labute approximate surface area is 104 Å². The Balaban J connectivity index is 1.46. The van der Waals surface area contributed by atoms with E-state index < -0.39 is 5.79 Å². The minimum atomic E-state index is -0.403. The zero-order chi connectivity index (χ0) is 12.1. The summed E-state index contributed by atoms with van der Waals surface area (Å²) in [6.07, 6.45) is 3.84. The van der Waals surface area contributed by atoms with E-state index in [9.17, 15) is 0 Å². The maximum Gasteiger partial charge on any atom is 0.163 e. The molecule has 0 aliphatic carbocycles. The third-order valence-electron chi connectivity index (χ3n) is 3.40. The van der Waals surface area contributed by atoms with Crippen molar-refractivity contribution in [2.45, 2.75) is 45.0 Å². The van der Waals surface area contributed by atoms with Crippen LogP contribution in [0.5, 0.6) is 0 Å². The molecule has 17 heavy (non-hydrogen) atoms. The van der Waals surface area contributed by atoms with Crippen LogP contribution in [0.15, 0.2) is 0 Å². The molecule has 0 N–H and O–H groups in total. The second-order valence-electron chi connectivity index (χ2n) is 5.40. The lowest BCUT2D eigenvalue weighted by atomic mass is 10.3. The first-order chi connectivity index (χ1) is 8.16. The van der Waals surface area contributed by atoms with Gasteiger partial charge in [-0.2, -0.15) is 0 Å². The van der Waals surface area contributed by atoms with Crippen LogP contribution in [0, 0.1) is 0 Å². The van der Waals surface area contributed by atoms with E-state index in [1.165, 1.54) is 25.9 Å². The van der Waals surface area contributed by atoms with Crippen molar-refractivity contribution in [2.75, 3.05) is 39.5 Å². The maximum absolute atomic E-state index is 5.72. The third kappa shape index (κ3) is 4.54. The van der Waals surface area contributed by atoms with E-state index >= 15 is 0 Å². The first-order valence-electron chi connectivity index (χ1n) is 6.78. The standard InChI is InChI=1S/C13H25NO3/c1-13(2)16-11-12(17-13)5-9-15-10-8-14-6-3-4-7-14/h12H,3-11H2,1-2H3. The lowest BCUT2D eigenvalue weighted by Gasteiger charge is -2.17. The number of rotatable bonds is 6. The minimum Gasteiger partial charge on any atom is -0.380 e. The molecule has 2 aliphatic rings. The van der Waals surface area contributed by atoms with Crippen molar-refractivity contribution >= 4 is 0 Å². The van der Waals surface area contributed by atoms with Crippen molar-refractivity contribution < 1.29 is 14.2 Å². The fraction of sp³-hybridized carbons (Fsp3) is 1.00. The molecule has 0 amide bonds. The van der Waals surface area contributed by atoms with E-state index in [1.807, 2.05) is 13.8 Å². The zero-order valence-electron chi connectivity index (χ0n) is 11.1. The normalized spacial score (nSPS) is 28.9. The molecule has 0 bridgehead atoms. The largest absolute Gasteiger partial charge is 0.380 e. The number of hydrogen-bond acceptors (Lipinski definition) is 4. The number of ether oxygens (including phenoxy) is 3. The quantitative estimate of drug-likeness (QED) is 0.664. The van der Waals surface area contributed by atoms with Gasteiger partial charge in [0.2, 0.25) is 0 Å². The molecular formula is C13H25NO3. The molecule has 2 fully saturated rings. The topological polar surface area (TPSA) is 30.9 Å². The number of nitrogens with zero attached hydrogens (tertiary/aromatic N) is 1. The van der Waals surface area contributed by atoms with Crippen LogP contribution < -0.4 is 0 Å². The maximum atomic E-state index is 5.72. The van der Waals surface area contributed by atoms with Gasteiger partial charge in [-0.15, -0.1) is 0 Å². The Bertz CT molecular complexity index is 227. The van der Waals surface area contributed by atoms with Crippen molar-refractivity contribution in [3.05, 3.63) is 0 Å². The van der Waals surface area contributed by atoms with Crippen molar-refractivity contribution in [3.8, 4) is 0 Å². The van der Waals surface area contributed by atoms with Crippen LogP contribution in [0.1, 0.15) is 33.1 Å². The van der Waals surface area contributed by atoms with Crippen LogP contribution in [0.4, 0.5) is 0 Å². The van der Waals surface area contributed by atoms with Gasteiger partial charge in [0.05, 0.1) is 19.3 Å². The highest BCUT2D eigenvalue weighted by atomic mass is 16.7. The molecule has 1 unspecified atom stereocenters. The molecule has 100 valence electrons. The van der Waals surface area contributed by atoms with E-state index in [2.05, 4.69) is 4.90 Å². The van der Waals surface area contributed by atoms with Crippen molar-refractivity contribution in [3.63, 3.8) is 0 Å². The van der Waals surface area contributed by atoms with Gasteiger partial charge >= 0.3 is 0 Å². The lowest BCUT2D eigenvalue weighted by molar-refractivity contribution is -0.140. The molecule has 0 aromatic heterocycles. The highest BCUT2D eigenvalue weighted by Crippen LogP contribution is 2.23. The van der Waals surface area contributed by atoms with Gasteiger partial charge in [-0.25, -0.2) is 0 Å². The first kappa shape index (κ1) is 13.3. The SMILES string of the molecule is CC1(C)OCC(CCOCCN2CCCC2)O1. The molecule has 2 heterocycles. The summed E-state index contributed by atoms with van der Waals surface area (Å²) in [7, 11) is 0. The van der Waals surface area contributed by atoms with E-state index in [0.717, 1.165) is 26.2 Å². The van der Waals surface area contributed by atoms with Crippen LogP contribution >= 0.6 is 0 Å². The summed E-state index contributed by atoms with van der Waals surface area (Å²) in [5, 5.41) is 0. The van der Waals surface area contributed by atoms with Gasteiger partial charge in [0, 0.05) is 13.2 Å². The van der Waals surface area contributed by atoms with E-state index in [0.29, 0.717) is 6.61 Å². The molecule has 2 aliphatic heterocycles. The van der Waals surface area contributed by atoms with Gasteiger partial charge in [0.15, 0.2) is 5.79 Å². The fourth-order valence-corrected chi connectivity index (χ4v) is 2.42. The predicted octanol–water partition coefficient (Wildman–Crippen LogP) is 1.64. The van der Waals surface area contributed by atoms with Gasteiger partial charge in [-0.05, 0) is 46.2 Å². The average Bonchev–Trinajstić information content (AvgIpc) is 2.88. The van der Waals surface area contributed by atoms with Gasteiger partial charge in [-0.3, -0.25) is 0 Å². The Hall–Kier alpha value is -0.160. The summed E-state index contributed by atoms with van der Waals surface area (Å²) in [4.78, 5) is 2.47. The Kier molecular flexibility index (Phi) is 4.79. The summed E-state index contributed by atoms with van der Waals surface area (Å²) in [5.41, 5.74) is 0. The molecule has 0 aromatic carbocycles. The molecule has 1 atom stereocenters. The second kappa shape index (κ2) is 6.14. The Morgan fingerprint density at radius 1 is 1.24 bits per heavy atom. The minimum absolute atomic E-state index is 0.205.